The highest BCUT2D eigenvalue weighted by atomic mass is 14.5. The summed E-state index contributed by atoms with van der Waals surface area (Å²) in [5, 5.41) is 0. The van der Waals surface area contributed by atoms with Gasteiger partial charge in [-0.15, -0.1) is 0 Å². The molecular weight excluding hydrogens is 336 g/mol. The molecule has 1 aliphatic rings. The van der Waals surface area contributed by atoms with Crippen LogP contribution in [-0.2, 0) is 11.8 Å². The summed E-state index contributed by atoms with van der Waals surface area (Å²) in [5.41, 5.74) is 9.15. The monoisotopic (exact) mass is 362 g/mol. The highest BCUT2D eigenvalue weighted by Crippen LogP contribution is 2.52. The highest BCUT2D eigenvalue weighted by Gasteiger charge is 2.45. The van der Waals surface area contributed by atoms with Crippen LogP contribution >= 0.6 is 0 Å². The van der Waals surface area contributed by atoms with E-state index in [0.29, 0.717) is 0 Å². The molecular formula is C28H26. The quantitative estimate of drug-likeness (QED) is 0.445. The van der Waals surface area contributed by atoms with Gasteiger partial charge < -0.3 is 0 Å². The molecule has 0 bridgehead atoms. The summed E-state index contributed by atoms with van der Waals surface area (Å²) in [6, 6.07) is 27.0. The molecule has 0 radical (unpaired) electrons. The molecule has 3 aromatic rings. The molecule has 0 heteroatoms. The number of hydrogen-bond donors (Lipinski definition) is 0. The number of benzene rings is 3. The van der Waals surface area contributed by atoms with Crippen molar-refractivity contribution in [1.29, 1.82) is 0 Å². The average Bonchev–Trinajstić information content (AvgIpc) is 3.04. The van der Waals surface area contributed by atoms with Crippen molar-refractivity contribution in [2.75, 3.05) is 0 Å². The summed E-state index contributed by atoms with van der Waals surface area (Å²) in [6.45, 7) is 8.11. The molecule has 0 amide bonds. The molecule has 0 heterocycles. The van der Waals surface area contributed by atoms with Gasteiger partial charge in [0.1, 0.15) is 0 Å². The number of rotatable bonds is 4. The van der Waals surface area contributed by atoms with Crippen LogP contribution in [-0.4, -0.2) is 0 Å². The molecule has 0 saturated heterocycles. The number of aryl methyl sites for hydroxylation is 2. The van der Waals surface area contributed by atoms with Gasteiger partial charge in [-0.25, -0.2) is 0 Å². The Morgan fingerprint density at radius 3 is 1.89 bits per heavy atom. The van der Waals surface area contributed by atoms with Crippen LogP contribution in [0.2, 0.25) is 0 Å². The predicted octanol–water partition coefficient (Wildman–Crippen LogP) is 6.86. The van der Waals surface area contributed by atoms with Gasteiger partial charge >= 0.3 is 0 Å². The normalized spacial score (nSPS) is 16.4. The van der Waals surface area contributed by atoms with E-state index in [9.17, 15) is 0 Å². The first-order valence-corrected chi connectivity index (χ1v) is 9.87. The van der Waals surface area contributed by atoms with E-state index < -0.39 is 0 Å². The van der Waals surface area contributed by atoms with Gasteiger partial charge in [0.05, 0.1) is 5.41 Å². The van der Waals surface area contributed by atoms with Crippen molar-refractivity contribution in [3.8, 4) is 0 Å². The van der Waals surface area contributed by atoms with Crippen molar-refractivity contribution in [2.45, 2.75) is 25.7 Å². The van der Waals surface area contributed by atoms with Crippen molar-refractivity contribution < 1.29 is 0 Å². The second-order valence-electron chi connectivity index (χ2n) is 7.63. The van der Waals surface area contributed by atoms with Crippen LogP contribution in [0.5, 0.6) is 0 Å². The van der Waals surface area contributed by atoms with Crippen molar-refractivity contribution in [3.63, 3.8) is 0 Å². The van der Waals surface area contributed by atoms with Crippen molar-refractivity contribution in [2.24, 2.45) is 0 Å². The third kappa shape index (κ3) is 2.96. The third-order valence-corrected chi connectivity index (χ3v) is 5.80. The molecule has 0 fully saturated rings. The lowest BCUT2D eigenvalue weighted by atomic mass is 9.67. The first-order valence-electron chi connectivity index (χ1n) is 9.87. The predicted molar refractivity (Wildman–Crippen MR) is 120 cm³/mol. The molecule has 3 aromatic carbocycles. The lowest BCUT2D eigenvalue weighted by Crippen LogP contribution is -2.28. The van der Waals surface area contributed by atoms with Crippen molar-refractivity contribution >= 4 is 0 Å². The largest absolute Gasteiger partial charge is 0.0991 e. The summed E-state index contributed by atoms with van der Waals surface area (Å²) < 4.78 is 0. The van der Waals surface area contributed by atoms with Crippen LogP contribution in [0.25, 0.3) is 0 Å². The Kier molecular flexibility index (Phi) is 4.88. The minimum Gasteiger partial charge on any atom is -0.0991 e. The lowest BCUT2D eigenvalue weighted by molar-refractivity contribution is 0.748. The molecule has 28 heavy (non-hydrogen) atoms. The van der Waals surface area contributed by atoms with Gasteiger partial charge in [0.15, 0.2) is 0 Å². The zero-order chi connectivity index (χ0) is 19.6. The minimum atomic E-state index is -0.260. The lowest BCUT2D eigenvalue weighted by Gasteiger charge is -2.34. The second-order valence-corrected chi connectivity index (χ2v) is 7.63. The maximum atomic E-state index is 3.82. The van der Waals surface area contributed by atoms with Crippen LogP contribution in [0.3, 0.4) is 0 Å². The Hall–Kier alpha value is -3.12. The molecule has 4 rings (SSSR count). The molecule has 0 atom stereocenters. The SMILES string of the molecule is C=C/C=C\C=C1/Cc2ccccc2C1(c1ccc(C)cc1)c1ccc(C)cc1. The summed E-state index contributed by atoms with van der Waals surface area (Å²) >= 11 is 0. The Balaban J connectivity index is 2.07. The first-order chi connectivity index (χ1) is 13.7. The second kappa shape index (κ2) is 7.48. The highest BCUT2D eigenvalue weighted by molar-refractivity contribution is 5.66. The number of hydrogen-bond acceptors (Lipinski definition) is 0. The van der Waals surface area contributed by atoms with Crippen LogP contribution < -0.4 is 0 Å². The first kappa shape index (κ1) is 18.3. The fourth-order valence-corrected chi connectivity index (χ4v) is 4.44. The Labute approximate surface area is 168 Å². The van der Waals surface area contributed by atoms with Crippen LogP contribution in [0.4, 0.5) is 0 Å². The average molecular weight is 363 g/mol. The molecule has 0 saturated carbocycles. The Bertz CT molecular complexity index is 998. The summed E-state index contributed by atoms with van der Waals surface area (Å²) in [7, 11) is 0. The summed E-state index contributed by atoms with van der Waals surface area (Å²) in [4.78, 5) is 0. The standard InChI is InChI=1S/C28H26/c1-4-5-6-10-26-20-23-9-7-8-11-27(23)28(26,24-16-12-21(2)13-17-24)25-18-14-22(3)15-19-25/h4-19H,1,20H2,2-3H3/b6-5-,26-10+. The maximum Gasteiger partial charge on any atom is 0.0670 e. The van der Waals surface area contributed by atoms with Crippen LogP contribution in [0.1, 0.15) is 33.4 Å². The molecule has 138 valence electrons. The van der Waals surface area contributed by atoms with E-state index in [2.05, 4.69) is 105 Å². The zero-order valence-corrected chi connectivity index (χ0v) is 16.7. The molecule has 0 aromatic heterocycles. The van der Waals surface area contributed by atoms with E-state index in [1.807, 2.05) is 12.2 Å². The van der Waals surface area contributed by atoms with Gasteiger partial charge in [0, 0.05) is 0 Å². The maximum absolute atomic E-state index is 3.82. The summed E-state index contributed by atoms with van der Waals surface area (Å²) in [6.07, 6.45) is 9.19. The minimum absolute atomic E-state index is 0.260. The van der Waals surface area contributed by atoms with Crippen molar-refractivity contribution in [1.82, 2.24) is 0 Å². The topological polar surface area (TPSA) is 0 Å². The molecule has 1 aliphatic carbocycles. The van der Waals surface area contributed by atoms with E-state index in [1.54, 1.807) is 0 Å². The molecule has 0 nitrogen and oxygen atoms in total. The van der Waals surface area contributed by atoms with E-state index in [-0.39, 0.29) is 5.41 Å². The van der Waals surface area contributed by atoms with E-state index in [0.717, 1.165) is 6.42 Å². The van der Waals surface area contributed by atoms with E-state index in [4.69, 9.17) is 0 Å². The van der Waals surface area contributed by atoms with Gasteiger partial charge in [-0.2, -0.15) is 0 Å². The van der Waals surface area contributed by atoms with E-state index in [1.165, 1.54) is 39.0 Å². The van der Waals surface area contributed by atoms with Crippen molar-refractivity contribution in [3.05, 3.63) is 143 Å². The molecule has 0 unspecified atom stereocenters. The molecule has 0 spiro atoms. The number of allylic oxidation sites excluding steroid dienone is 5. The smallest absolute Gasteiger partial charge is 0.0670 e. The molecule has 0 N–H and O–H groups in total. The van der Waals surface area contributed by atoms with Gasteiger partial charge in [-0.05, 0) is 48.1 Å². The zero-order valence-electron chi connectivity index (χ0n) is 16.7. The van der Waals surface area contributed by atoms with E-state index >= 15 is 0 Å². The molecule has 0 aliphatic heterocycles. The Morgan fingerprint density at radius 1 is 0.750 bits per heavy atom. The van der Waals surface area contributed by atoms with Gasteiger partial charge in [0.2, 0.25) is 0 Å². The van der Waals surface area contributed by atoms with Crippen LogP contribution in [0, 0.1) is 13.8 Å². The number of fused-ring (bicyclic) bond motifs is 1. The van der Waals surface area contributed by atoms with Gasteiger partial charge in [-0.3, -0.25) is 0 Å². The fraction of sp³-hybridized carbons (Fsp3) is 0.143. The third-order valence-electron chi connectivity index (χ3n) is 5.80. The van der Waals surface area contributed by atoms with Crippen LogP contribution in [0.15, 0.2) is 109 Å². The fourth-order valence-electron chi connectivity index (χ4n) is 4.44. The van der Waals surface area contributed by atoms with Gasteiger partial charge in [-0.1, -0.05) is 115 Å². The van der Waals surface area contributed by atoms with Gasteiger partial charge in [0.25, 0.3) is 0 Å². The summed E-state index contributed by atoms with van der Waals surface area (Å²) in [5.74, 6) is 0. The Morgan fingerprint density at radius 2 is 1.32 bits per heavy atom.